The van der Waals surface area contributed by atoms with Gasteiger partial charge in [0.2, 0.25) is 15.9 Å². The van der Waals surface area contributed by atoms with Crippen LogP contribution < -0.4 is 5.32 Å². The summed E-state index contributed by atoms with van der Waals surface area (Å²) in [6.45, 7) is 1.51. The first-order chi connectivity index (χ1) is 12.6. The summed E-state index contributed by atoms with van der Waals surface area (Å²) < 4.78 is 26.3. The quantitative estimate of drug-likeness (QED) is 0.646. The Morgan fingerprint density at radius 2 is 1.81 bits per heavy atom. The zero-order chi connectivity index (χ0) is 20.2. The highest BCUT2D eigenvalue weighted by Gasteiger charge is 2.26. The van der Waals surface area contributed by atoms with Crippen molar-refractivity contribution in [1.82, 2.24) is 9.62 Å². The fourth-order valence-electron chi connectivity index (χ4n) is 2.39. The molecule has 2 aromatic rings. The van der Waals surface area contributed by atoms with Crippen LogP contribution in [-0.4, -0.2) is 38.5 Å². The van der Waals surface area contributed by atoms with Crippen LogP contribution in [0.1, 0.15) is 18.5 Å². The van der Waals surface area contributed by atoms with Gasteiger partial charge in [-0.3, -0.25) is 4.79 Å². The molecule has 0 aliphatic heterocycles. The predicted octanol–water partition coefficient (Wildman–Crippen LogP) is 4.21. The molecule has 1 atom stereocenters. The molecule has 0 saturated heterocycles. The summed E-state index contributed by atoms with van der Waals surface area (Å²) in [7, 11) is -2.62. The van der Waals surface area contributed by atoms with Gasteiger partial charge in [0.05, 0.1) is 17.6 Å². The summed E-state index contributed by atoms with van der Waals surface area (Å²) in [6.07, 6.45) is 1.99. The lowest BCUT2D eigenvalue weighted by Crippen LogP contribution is -2.39. The number of benzene rings is 2. The van der Waals surface area contributed by atoms with Crippen LogP contribution in [0.25, 0.3) is 0 Å². The summed E-state index contributed by atoms with van der Waals surface area (Å²) >= 11 is 13.5. The summed E-state index contributed by atoms with van der Waals surface area (Å²) in [5, 5.41) is 3.10. The molecule has 0 saturated carbocycles. The van der Waals surface area contributed by atoms with Gasteiger partial charge in [-0.25, -0.2) is 8.42 Å². The number of amides is 1. The van der Waals surface area contributed by atoms with Gasteiger partial charge in [0.1, 0.15) is 4.90 Å². The van der Waals surface area contributed by atoms with Crippen LogP contribution in [0.3, 0.4) is 0 Å². The smallest absolute Gasteiger partial charge is 0.244 e. The third-order valence-electron chi connectivity index (χ3n) is 3.94. The number of thioether (sulfide) groups is 1. The highest BCUT2D eigenvalue weighted by atomic mass is 35.5. The summed E-state index contributed by atoms with van der Waals surface area (Å²) in [5.74, 6) is -0.416. The van der Waals surface area contributed by atoms with E-state index in [4.69, 9.17) is 23.2 Å². The lowest BCUT2D eigenvalue weighted by atomic mass is 10.1. The molecule has 27 heavy (non-hydrogen) atoms. The minimum Gasteiger partial charge on any atom is -0.348 e. The third-order valence-corrected chi connectivity index (χ3v) is 7.20. The second-order valence-electron chi connectivity index (χ2n) is 5.90. The van der Waals surface area contributed by atoms with Crippen molar-refractivity contribution in [3.63, 3.8) is 0 Å². The molecular weight excluding hydrogens is 427 g/mol. The summed E-state index contributed by atoms with van der Waals surface area (Å²) in [6, 6.07) is 11.7. The fourth-order valence-corrected chi connectivity index (χ4v) is 4.66. The number of hydrogen-bond acceptors (Lipinski definition) is 4. The first-order valence-corrected chi connectivity index (χ1v) is 11.4. The van der Waals surface area contributed by atoms with E-state index in [1.165, 1.54) is 25.2 Å². The van der Waals surface area contributed by atoms with Crippen LogP contribution in [-0.2, 0) is 14.8 Å². The Bertz CT molecular complexity index is 919. The molecule has 0 radical (unpaired) electrons. The number of hydrogen-bond donors (Lipinski definition) is 1. The molecule has 0 unspecified atom stereocenters. The van der Waals surface area contributed by atoms with E-state index in [1.807, 2.05) is 37.4 Å². The van der Waals surface area contributed by atoms with Gasteiger partial charge in [0, 0.05) is 17.0 Å². The number of rotatable bonds is 7. The maximum Gasteiger partial charge on any atom is 0.244 e. The maximum atomic E-state index is 12.7. The molecule has 0 fully saturated rings. The average molecular weight is 447 g/mol. The van der Waals surface area contributed by atoms with E-state index in [-0.39, 0.29) is 27.5 Å². The van der Waals surface area contributed by atoms with Gasteiger partial charge in [0.15, 0.2) is 0 Å². The van der Waals surface area contributed by atoms with Gasteiger partial charge in [0.25, 0.3) is 0 Å². The Hall–Kier alpha value is -1.25. The van der Waals surface area contributed by atoms with Crippen LogP contribution >= 0.6 is 35.0 Å². The van der Waals surface area contributed by atoms with Crippen molar-refractivity contribution in [3.8, 4) is 0 Å². The van der Waals surface area contributed by atoms with Crippen molar-refractivity contribution in [3.05, 3.63) is 58.1 Å². The second-order valence-corrected chi connectivity index (χ2v) is 9.63. The number of carbonyl (C=O) groups is 1. The Morgan fingerprint density at radius 3 is 2.41 bits per heavy atom. The maximum absolute atomic E-state index is 12.7. The summed E-state index contributed by atoms with van der Waals surface area (Å²) in [4.78, 5) is 13.3. The van der Waals surface area contributed by atoms with Gasteiger partial charge < -0.3 is 5.32 Å². The van der Waals surface area contributed by atoms with Crippen LogP contribution in [0.15, 0.2) is 52.3 Å². The molecule has 0 aromatic heterocycles. The predicted molar refractivity (Wildman–Crippen MR) is 111 cm³/mol. The van der Waals surface area contributed by atoms with Crippen molar-refractivity contribution in [2.24, 2.45) is 0 Å². The topological polar surface area (TPSA) is 66.5 Å². The highest BCUT2D eigenvalue weighted by Crippen LogP contribution is 2.27. The van der Waals surface area contributed by atoms with E-state index in [9.17, 15) is 13.2 Å². The lowest BCUT2D eigenvalue weighted by molar-refractivity contribution is -0.121. The Morgan fingerprint density at radius 1 is 1.19 bits per heavy atom. The fraction of sp³-hybridized carbons (Fsp3) is 0.278. The van der Waals surface area contributed by atoms with Crippen molar-refractivity contribution in [2.45, 2.75) is 22.8 Å². The zero-order valence-corrected chi connectivity index (χ0v) is 18.2. The molecule has 1 N–H and O–H groups in total. The number of likely N-dealkylation sites (N-methyl/N-ethyl adjacent to an activating group) is 1. The van der Waals surface area contributed by atoms with Gasteiger partial charge in [-0.05, 0) is 49.1 Å². The normalized spacial score (nSPS) is 12.8. The van der Waals surface area contributed by atoms with Crippen molar-refractivity contribution in [1.29, 1.82) is 0 Å². The zero-order valence-electron chi connectivity index (χ0n) is 15.1. The van der Waals surface area contributed by atoms with Gasteiger partial charge in [-0.2, -0.15) is 4.31 Å². The van der Waals surface area contributed by atoms with E-state index in [0.29, 0.717) is 0 Å². The highest BCUT2D eigenvalue weighted by molar-refractivity contribution is 7.98. The first kappa shape index (κ1) is 22.0. The van der Waals surface area contributed by atoms with E-state index in [0.717, 1.165) is 14.8 Å². The van der Waals surface area contributed by atoms with Gasteiger partial charge in [-0.15, -0.1) is 11.8 Å². The average Bonchev–Trinajstić information content (AvgIpc) is 2.63. The van der Waals surface area contributed by atoms with Crippen LogP contribution in [0, 0.1) is 0 Å². The Kier molecular flexibility index (Phi) is 7.59. The molecule has 146 valence electrons. The van der Waals surface area contributed by atoms with Crippen LogP contribution in [0.4, 0.5) is 0 Å². The molecule has 1 amide bonds. The van der Waals surface area contributed by atoms with Gasteiger partial charge in [-0.1, -0.05) is 35.3 Å². The Labute approximate surface area is 174 Å². The minimum atomic E-state index is -3.94. The third kappa shape index (κ3) is 5.62. The number of nitrogens with zero attached hydrogens (tertiary/aromatic N) is 1. The second kappa shape index (κ2) is 9.30. The molecule has 0 bridgehead atoms. The largest absolute Gasteiger partial charge is 0.348 e. The van der Waals surface area contributed by atoms with E-state index < -0.39 is 15.9 Å². The van der Waals surface area contributed by atoms with E-state index >= 15 is 0 Å². The molecule has 0 spiro atoms. The standard InChI is InChI=1S/C18H20Cl2N2O3S2/c1-12(13-4-7-15(26-3)8-5-13)21-18(23)11-22(2)27(24,25)17-10-14(19)6-9-16(17)20/h4-10,12H,11H2,1-3H3,(H,21,23)/t12-/m0/s1. The van der Waals surface area contributed by atoms with Crippen molar-refractivity contribution in [2.75, 3.05) is 19.8 Å². The van der Waals surface area contributed by atoms with Crippen LogP contribution in [0.2, 0.25) is 10.0 Å². The molecule has 0 aliphatic carbocycles. The van der Waals surface area contributed by atoms with Gasteiger partial charge >= 0.3 is 0 Å². The Balaban J connectivity index is 2.06. The van der Waals surface area contributed by atoms with Crippen LogP contribution in [0.5, 0.6) is 0 Å². The molecule has 0 aliphatic rings. The molecule has 0 heterocycles. The van der Waals surface area contributed by atoms with Crippen molar-refractivity contribution >= 4 is 50.9 Å². The lowest BCUT2D eigenvalue weighted by Gasteiger charge is -2.20. The van der Waals surface area contributed by atoms with E-state index in [2.05, 4.69) is 5.32 Å². The molecule has 5 nitrogen and oxygen atoms in total. The number of carbonyl (C=O) groups excluding carboxylic acids is 1. The first-order valence-electron chi connectivity index (χ1n) is 8.00. The summed E-state index contributed by atoms with van der Waals surface area (Å²) in [5.41, 5.74) is 0.935. The minimum absolute atomic E-state index is 0.0499. The van der Waals surface area contributed by atoms with E-state index in [1.54, 1.807) is 11.8 Å². The monoisotopic (exact) mass is 446 g/mol. The number of sulfonamides is 1. The molecule has 2 aromatic carbocycles. The SMILES string of the molecule is CSc1ccc([C@H](C)NC(=O)CN(C)S(=O)(=O)c2cc(Cl)ccc2Cl)cc1. The molecule has 2 rings (SSSR count). The number of halogens is 2. The number of nitrogens with one attached hydrogen (secondary N) is 1. The molecule has 9 heteroatoms. The molecular formula is C18H20Cl2N2O3S2. The van der Waals surface area contributed by atoms with Crippen molar-refractivity contribution < 1.29 is 13.2 Å².